The number of anilines is 1. The van der Waals surface area contributed by atoms with Crippen molar-refractivity contribution in [2.75, 3.05) is 51.7 Å². The van der Waals surface area contributed by atoms with E-state index in [9.17, 15) is 9.90 Å². The molecule has 0 spiro atoms. The number of benzene rings is 2. The van der Waals surface area contributed by atoms with E-state index in [1.54, 1.807) is 30.3 Å². The Hall–Kier alpha value is -2.78. The Morgan fingerprint density at radius 2 is 1.67 bits per heavy atom. The lowest BCUT2D eigenvalue weighted by Crippen LogP contribution is -2.58. The maximum Gasteiger partial charge on any atom is 0.236 e. The second kappa shape index (κ2) is 9.59. The number of nitrogens with two attached hydrogens (primary N) is 1. The average Bonchev–Trinajstić information content (AvgIpc) is 3.29. The minimum absolute atomic E-state index is 0.138. The van der Waals surface area contributed by atoms with Crippen molar-refractivity contribution in [3.05, 3.63) is 60.2 Å². The van der Waals surface area contributed by atoms with Crippen LogP contribution in [-0.2, 0) is 10.3 Å². The highest BCUT2D eigenvalue weighted by atomic mass is 32.1. The van der Waals surface area contributed by atoms with Crippen LogP contribution in [0.1, 0.15) is 25.3 Å². The number of hydrogen-bond donors (Lipinski definition) is 2. The van der Waals surface area contributed by atoms with Crippen LogP contribution in [0.2, 0.25) is 0 Å². The van der Waals surface area contributed by atoms with Gasteiger partial charge in [-0.15, -0.1) is 0 Å². The molecule has 0 radical (unpaired) electrons. The van der Waals surface area contributed by atoms with Crippen LogP contribution in [0.4, 0.5) is 5.13 Å². The number of aliphatic hydroxyl groups is 1. The summed E-state index contributed by atoms with van der Waals surface area (Å²) in [4.78, 5) is 24.6. The smallest absolute Gasteiger partial charge is 0.236 e. The van der Waals surface area contributed by atoms with Crippen molar-refractivity contribution >= 4 is 22.4 Å². The number of aromatic nitrogens is 1. The first-order valence-corrected chi connectivity index (χ1v) is 13.3. The van der Waals surface area contributed by atoms with Crippen molar-refractivity contribution in [3.8, 4) is 21.7 Å². The maximum absolute atomic E-state index is 12.1. The zero-order chi connectivity index (χ0) is 25.5. The Labute approximate surface area is 217 Å². The molecule has 1 aliphatic heterocycles. The second-order valence-electron chi connectivity index (χ2n) is 10.7. The van der Waals surface area contributed by atoms with Gasteiger partial charge < -0.3 is 20.6 Å². The number of carbonyl (C=O) groups is 1. The minimum Gasteiger partial charge on any atom is -0.390 e. The summed E-state index contributed by atoms with van der Waals surface area (Å²) in [7, 11) is 3.60. The van der Waals surface area contributed by atoms with Crippen LogP contribution in [0.3, 0.4) is 0 Å². The summed E-state index contributed by atoms with van der Waals surface area (Å²) < 4.78 is 0. The first kappa shape index (κ1) is 24.9. The van der Waals surface area contributed by atoms with E-state index in [0.717, 1.165) is 58.6 Å². The predicted octanol–water partition coefficient (Wildman–Crippen LogP) is 3.39. The summed E-state index contributed by atoms with van der Waals surface area (Å²) in [6.07, 6.45) is 1.14. The normalized spacial score (nSPS) is 24.4. The average molecular weight is 506 g/mol. The zero-order valence-electron chi connectivity index (χ0n) is 21.3. The standard InChI is InChI=1S/C28H35N5O2S/c1-27(35)18-28(29,19-27)22-11-9-20(10-12-22)24-25(21-7-5-4-6-8-21)36-26(30-24)33-15-13-32(14-16-33)17-23(34)31(2)3/h4-12,35H,13-19,29H2,1-3H3/t27-,28-. The van der Waals surface area contributed by atoms with Gasteiger partial charge in [-0.25, -0.2) is 4.98 Å². The van der Waals surface area contributed by atoms with E-state index in [1.807, 2.05) is 13.0 Å². The van der Waals surface area contributed by atoms with Gasteiger partial charge in [0.25, 0.3) is 0 Å². The molecule has 3 N–H and O–H groups in total. The van der Waals surface area contributed by atoms with Gasteiger partial charge in [0.1, 0.15) is 0 Å². The summed E-state index contributed by atoms with van der Waals surface area (Å²) >= 11 is 1.72. The number of piperazine rings is 1. The Kier molecular flexibility index (Phi) is 6.63. The van der Waals surface area contributed by atoms with Crippen LogP contribution < -0.4 is 10.6 Å². The molecule has 1 saturated carbocycles. The van der Waals surface area contributed by atoms with Crippen molar-refractivity contribution in [1.82, 2.24) is 14.8 Å². The molecule has 1 saturated heterocycles. The molecule has 190 valence electrons. The minimum atomic E-state index is -0.679. The highest BCUT2D eigenvalue weighted by Crippen LogP contribution is 2.47. The molecule has 1 aromatic heterocycles. The highest BCUT2D eigenvalue weighted by Gasteiger charge is 2.49. The van der Waals surface area contributed by atoms with Crippen LogP contribution in [0.15, 0.2) is 54.6 Å². The number of carbonyl (C=O) groups excluding carboxylic acids is 1. The van der Waals surface area contributed by atoms with Crippen molar-refractivity contribution in [1.29, 1.82) is 0 Å². The molecule has 2 aromatic carbocycles. The van der Waals surface area contributed by atoms with E-state index in [1.165, 1.54) is 0 Å². The lowest BCUT2D eigenvalue weighted by atomic mass is 9.63. The van der Waals surface area contributed by atoms with Crippen molar-refractivity contribution in [2.24, 2.45) is 5.73 Å². The Morgan fingerprint density at radius 3 is 2.25 bits per heavy atom. The van der Waals surface area contributed by atoms with Crippen LogP contribution in [0, 0.1) is 0 Å². The third-order valence-electron chi connectivity index (χ3n) is 7.28. The molecule has 2 aliphatic rings. The first-order valence-electron chi connectivity index (χ1n) is 12.5. The second-order valence-corrected chi connectivity index (χ2v) is 11.7. The Bertz CT molecular complexity index is 1210. The molecule has 0 bridgehead atoms. The summed E-state index contributed by atoms with van der Waals surface area (Å²) in [6.45, 7) is 5.67. The monoisotopic (exact) mass is 505 g/mol. The van der Waals surface area contributed by atoms with E-state index >= 15 is 0 Å². The van der Waals surface area contributed by atoms with Gasteiger partial charge in [-0.1, -0.05) is 65.9 Å². The van der Waals surface area contributed by atoms with Crippen LogP contribution in [-0.4, -0.2) is 78.2 Å². The van der Waals surface area contributed by atoms with Gasteiger partial charge in [0.2, 0.25) is 5.91 Å². The highest BCUT2D eigenvalue weighted by molar-refractivity contribution is 7.19. The summed E-state index contributed by atoms with van der Waals surface area (Å²) in [5, 5.41) is 11.2. The fraction of sp³-hybridized carbons (Fsp3) is 0.429. The summed E-state index contributed by atoms with van der Waals surface area (Å²) in [6, 6.07) is 18.8. The third kappa shape index (κ3) is 5.04. The topological polar surface area (TPSA) is 85.9 Å². The van der Waals surface area contributed by atoms with Crippen LogP contribution >= 0.6 is 11.3 Å². The molecule has 1 amide bonds. The maximum atomic E-state index is 12.1. The molecular formula is C28H35N5O2S. The number of nitrogens with zero attached hydrogens (tertiary/aromatic N) is 4. The first-order chi connectivity index (χ1) is 17.1. The summed E-state index contributed by atoms with van der Waals surface area (Å²) in [5.41, 5.74) is 9.66. The number of hydrogen-bond acceptors (Lipinski definition) is 7. The van der Waals surface area contributed by atoms with Gasteiger partial charge in [0.05, 0.1) is 22.7 Å². The molecule has 36 heavy (non-hydrogen) atoms. The number of rotatable bonds is 6. The summed E-state index contributed by atoms with van der Waals surface area (Å²) in [5.74, 6) is 0.138. The Balaban J connectivity index is 1.38. The molecule has 0 atom stereocenters. The lowest BCUT2D eigenvalue weighted by molar-refractivity contribution is -0.129. The van der Waals surface area contributed by atoms with Crippen LogP contribution in [0.5, 0.6) is 0 Å². The molecular weight excluding hydrogens is 470 g/mol. The fourth-order valence-corrected chi connectivity index (χ4v) is 6.47. The van der Waals surface area contributed by atoms with Gasteiger partial charge in [0, 0.05) is 51.4 Å². The van der Waals surface area contributed by atoms with E-state index < -0.39 is 11.1 Å². The molecule has 1 aliphatic carbocycles. The van der Waals surface area contributed by atoms with Crippen LogP contribution in [0.25, 0.3) is 21.7 Å². The zero-order valence-corrected chi connectivity index (χ0v) is 22.1. The van der Waals surface area contributed by atoms with E-state index in [2.05, 4.69) is 58.3 Å². The lowest BCUT2D eigenvalue weighted by Gasteiger charge is -2.49. The van der Waals surface area contributed by atoms with E-state index in [-0.39, 0.29) is 5.91 Å². The van der Waals surface area contributed by atoms with Gasteiger partial charge >= 0.3 is 0 Å². The quantitative estimate of drug-likeness (QED) is 0.534. The number of amides is 1. The molecule has 2 heterocycles. The predicted molar refractivity (Wildman–Crippen MR) is 146 cm³/mol. The van der Waals surface area contributed by atoms with Gasteiger partial charge in [0.15, 0.2) is 5.13 Å². The molecule has 7 nitrogen and oxygen atoms in total. The van der Waals surface area contributed by atoms with E-state index in [4.69, 9.17) is 10.7 Å². The van der Waals surface area contributed by atoms with Crippen molar-refractivity contribution in [3.63, 3.8) is 0 Å². The molecule has 3 aromatic rings. The van der Waals surface area contributed by atoms with Gasteiger partial charge in [-0.2, -0.15) is 0 Å². The van der Waals surface area contributed by atoms with E-state index in [0.29, 0.717) is 19.4 Å². The van der Waals surface area contributed by atoms with Gasteiger partial charge in [-0.3, -0.25) is 9.69 Å². The van der Waals surface area contributed by atoms with Gasteiger partial charge in [-0.05, 0) is 30.9 Å². The largest absolute Gasteiger partial charge is 0.390 e. The molecule has 8 heteroatoms. The molecule has 5 rings (SSSR count). The SMILES string of the molecule is CN(C)C(=O)CN1CCN(c2nc(-c3ccc([C@]4(N)C[C@](C)(O)C4)cc3)c(-c3ccccc3)s2)CC1. The Morgan fingerprint density at radius 1 is 1.03 bits per heavy atom. The van der Waals surface area contributed by atoms with Crippen molar-refractivity contribution < 1.29 is 9.90 Å². The molecule has 0 unspecified atom stereocenters. The number of thiazole rings is 1. The fourth-order valence-electron chi connectivity index (χ4n) is 5.33. The van der Waals surface area contributed by atoms with Crippen molar-refractivity contribution in [2.45, 2.75) is 30.9 Å². The molecule has 2 fully saturated rings. The number of likely N-dealkylation sites (N-methyl/N-ethyl adjacent to an activating group) is 1. The third-order valence-corrected chi connectivity index (χ3v) is 8.44.